The molecule has 0 spiro atoms. The Morgan fingerprint density at radius 2 is 2.13 bits per heavy atom. The third-order valence-corrected chi connectivity index (χ3v) is 5.96. The summed E-state index contributed by atoms with van der Waals surface area (Å²) in [6, 6.07) is 7.62. The van der Waals surface area contributed by atoms with E-state index in [0.29, 0.717) is 23.9 Å². The molecule has 0 bridgehead atoms. The van der Waals surface area contributed by atoms with Crippen LogP contribution in [-0.4, -0.2) is 51.0 Å². The first-order valence-electron chi connectivity index (χ1n) is 10.5. The molecular formula is C23H27ClN6O. The van der Waals surface area contributed by atoms with Crippen LogP contribution in [-0.2, 0) is 11.3 Å². The summed E-state index contributed by atoms with van der Waals surface area (Å²) in [6.07, 6.45) is 7.80. The van der Waals surface area contributed by atoms with Crippen molar-refractivity contribution < 1.29 is 4.79 Å². The van der Waals surface area contributed by atoms with E-state index in [-0.39, 0.29) is 11.9 Å². The van der Waals surface area contributed by atoms with E-state index in [1.165, 1.54) is 0 Å². The Hall–Kier alpha value is -2.93. The fraction of sp³-hybridized carbons (Fsp3) is 0.391. The van der Waals surface area contributed by atoms with Gasteiger partial charge in [-0.2, -0.15) is 0 Å². The topological polar surface area (TPSA) is 67.2 Å². The second kappa shape index (κ2) is 9.06. The van der Waals surface area contributed by atoms with Crippen molar-refractivity contribution in [3.05, 3.63) is 59.4 Å². The minimum absolute atomic E-state index is 0.0768. The number of likely N-dealkylation sites (tertiary alicyclic amines) is 1. The Labute approximate surface area is 187 Å². The molecule has 0 aliphatic carbocycles. The van der Waals surface area contributed by atoms with Gasteiger partial charge in [0.2, 0.25) is 11.9 Å². The Morgan fingerprint density at radius 3 is 2.84 bits per heavy atom. The molecule has 7 nitrogen and oxygen atoms in total. The van der Waals surface area contributed by atoms with Gasteiger partial charge in [0.05, 0.1) is 11.7 Å². The molecule has 1 amide bonds. The molecule has 1 aliphatic rings. The summed E-state index contributed by atoms with van der Waals surface area (Å²) in [4.78, 5) is 30.7. The number of carbonyl (C=O) groups is 1. The van der Waals surface area contributed by atoms with Gasteiger partial charge in [-0.05, 0) is 37.5 Å². The lowest BCUT2D eigenvalue weighted by Gasteiger charge is -2.27. The largest absolute Gasteiger partial charge is 0.347 e. The average molecular weight is 439 g/mol. The highest BCUT2D eigenvalue weighted by molar-refractivity contribution is 6.30. The fourth-order valence-electron chi connectivity index (χ4n) is 4.08. The van der Waals surface area contributed by atoms with Crippen molar-refractivity contribution in [2.45, 2.75) is 38.8 Å². The SMILES string of the molecule is Cc1nccn1CCC(=O)N1CCC[C@@H]1c1nc(N(C)C)ncc1-c1cccc(Cl)c1. The summed E-state index contributed by atoms with van der Waals surface area (Å²) in [5.74, 6) is 1.69. The van der Waals surface area contributed by atoms with Crippen molar-refractivity contribution in [1.82, 2.24) is 24.4 Å². The number of halogens is 1. The first-order chi connectivity index (χ1) is 14.9. The number of hydrogen-bond donors (Lipinski definition) is 0. The molecule has 4 rings (SSSR count). The van der Waals surface area contributed by atoms with Crippen LogP contribution in [0.3, 0.4) is 0 Å². The first-order valence-corrected chi connectivity index (χ1v) is 10.9. The molecule has 1 saturated heterocycles. The van der Waals surface area contributed by atoms with Crippen molar-refractivity contribution in [3.8, 4) is 11.1 Å². The van der Waals surface area contributed by atoms with Crippen molar-refractivity contribution >= 4 is 23.5 Å². The number of anilines is 1. The molecule has 0 unspecified atom stereocenters. The van der Waals surface area contributed by atoms with E-state index in [2.05, 4.69) is 9.97 Å². The zero-order valence-electron chi connectivity index (χ0n) is 18.1. The monoisotopic (exact) mass is 438 g/mol. The van der Waals surface area contributed by atoms with E-state index >= 15 is 0 Å². The van der Waals surface area contributed by atoms with E-state index in [0.717, 1.165) is 42.0 Å². The summed E-state index contributed by atoms with van der Waals surface area (Å²) in [7, 11) is 3.84. The number of imidazole rings is 1. The minimum Gasteiger partial charge on any atom is -0.347 e. The van der Waals surface area contributed by atoms with Crippen LogP contribution in [0.5, 0.6) is 0 Å². The summed E-state index contributed by atoms with van der Waals surface area (Å²) >= 11 is 6.25. The third kappa shape index (κ3) is 4.56. The summed E-state index contributed by atoms with van der Waals surface area (Å²) < 4.78 is 2.01. The summed E-state index contributed by atoms with van der Waals surface area (Å²) in [5, 5.41) is 0.662. The molecule has 2 aromatic heterocycles. The molecule has 1 atom stereocenters. The molecule has 0 radical (unpaired) electrons. The Morgan fingerprint density at radius 1 is 1.29 bits per heavy atom. The lowest BCUT2D eigenvalue weighted by Crippen LogP contribution is -2.32. The molecule has 0 saturated carbocycles. The van der Waals surface area contributed by atoms with Crippen LogP contribution in [0, 0.1) is 6.92 Å². The summed E-state index contributed by atoms with van der Waals surface area (Å²) in [5.41, 5.74) is 2.76. The number of nitrogens with zero attached hydrogens (tertiary/aromatic N) is 6. The lowest BCUT2D eigenvalue weighted by atomic mass is 9.99. The number of carbonyl (C=O) groups excluding carboxylic acids is 1. The maximum absolute atomic E-state index is 13.2. The van der Waals surface area contributed by atoms with Gasteiger partial charge in [0.15, 0.2) is 0 Å². The molecule has 1 fully saturated rings. The van der Waals surface area contributed by atoms with Crippen molar-refractivity contribution in [3.63, 3.8) is 0 Å². The van der Waals surface area contributed by atoms with Gasteiger partial charge in [0, 0.05) is 62.8 Å². The van der Waals surface area contributed by atoms with Crippen molar-refractivity contribution in [2.75, 3.05) is 25.5 Å². The first kappa shape index (κ1) is 21.3. The molecule has 3 heterocycles. The standard InChI is InChI=1S/C23H27ClN6O/c1-16-25-10-13-29(16)12-9-21(31)30-11-5-8-20(30)22-19(15-26-23(27-22)28(2)3)17-6-4-7-18(24)14-17/h4,6-7,10,13-15,20H,5,8-9,11-12H2,1-3H3/t20-/m1/s1. The van der Waals surface area contributed by atoms with Gasteiger partial charge in [-0.15, -0.1) is 0 Å². The van der Waals surface area contributed by atoms with Crippen LogP contribution in [0.4, 0.5) is 5.95 Å². The van der Waals surface area contributed by atoms with Gasteiger partial charge in [-0.1, -0.05) is 23.7 Å². The van der Waals surface area contributed by atoms with Crippen LogP contribution < -0.4 is 4.90 Å². The van der Waals surface area contributed by atoms with E-state index in [9.17, 15) is 4.79 Å². The van der Waals surface area contributed by atoms with Gasteiger partial charge in [0.1, 0.15) is 5.82 Å². The van der Waals surface area contributed by atoms with Crippen LogP contribution in [0.25, 0.3) is 11.1 Å². The Kier molecular flexibility index (Phi) is 6.23. The van der Waals surface area contributed by atoms with Crippen LogP contribution >= 0.6 is 11.6 Å². The molecular weight excluding hydrogens is 412 g/mol. The van der Waals surface area contributed by atoms with E-state index in [1.54, 1.807) is 6.20 Å². The van der Waals surface area contributed by atoms with E-state index < -0.39 is 0 Å². The van der Waals surface area contributed by atoms with Crippen molar-refractivity contribution in [2.24, 2.45) is 0 Å². The van der Waals surface area contributed by atoms with Gasteiger partial charge < -0.3 is 14.4 Å². The van der Waals surface area contributed by atoms with Crippen LogP contribution in [0.15, 0.2) is 42.9 Å². The quantitative estimate of drug-likeness (QED) is 0.579. The van der Waals surface area contributed by atoms with Gasteiger partial charge >= 0.3 is 0 Å². The van der Waals surface area contributed by atoms with Crippen LogP contribution in [0.1, 0.15) is 36.8 Å². The van der Waals surface area contributed by atoms with Crippen molar-refractivity contribution in [1.29, 1.82) is 0 Å². The Balaban J connectivity index is 1.65. The molecule has 31 heavy (non-hydrogen) atoms. The van der Waals surface area contributed by atoms with Gasteiger partial charge in [0.25, 0.3) is 0 Å². The lowest BCUT2D eigenvalue weighted by molar-refractivity contribution is -0.132. The molecule has 162 valence electrons. The minimum atomic E-state index is -0.0768. The zero-order chi connectivity index (χ0) is 22.0. The Bertz CT molecular complexity index is 1080. The predicted octanol–water partition coefficient (Wildman–Crippen LogP) is 4.12. The highest BCUT2D eigenvalue weighted by Crippen LogP contribution is 2.38. The second-order valence-corrected chi connectivity index (χ2v) is 8.47. The van der Waals surface area contributed by atoms with Gasteiger partial charge in [-0.25, -0.2) is 15.0 Å². The van der Waals surface area contributed by atoms with Gasteiger partial charge in [-0.3, -0.25) is 4.79 Å². The maximum Gasteiger partial charge on any atom is 0.225 e. The zero-order valence-corrected chi connectivity index (χ0v) is 18.9. The highest BCUT2D eigenvalue weighted by Gasteiger charge is 2.33. The number of aromatic nitrogens is 4. The molecule has 3 aromatic rings. The van der Waals surface area contributed by atoms with Crippen LogP contribution in [0.2, 0.25) is 5.02 Å². The number of rotatable bonds is 6. The smallest absolute Gasteiger partial charge is 0.225 e. The number of benzene rings is 1. The molecule has 8 heteroatoms. The summed E-state index contributed by atoms with van der Waals surface area (Å²) in [6.45, 7) is 3.31. The maximum atomic E-state index is 13.2. The highest BCUT2D eigenvalue weighted by atomic mass is 35.5. The molecule has 1 aromatic carbocycles. The number of amides is 1. The predicted molar refractivity (Wildman–Crippen MR) is 122 cm³/mol. The second-order valence-electron chi connectivity index (χ2n) is 8.04. The number of hydrogen-bond acceptors (Lipinski definition) is 5. The normalized spacial score (nSPS) is 16.0. The average Bonchev–Trinajstić information content (AvgIpc) is 3.40. The van der Waals surface area contributed by atoms with E-state index in [1.807, 2.05) is 72.0 Å². The molecule has 0 N–H and O–H groups in total. The fourth-order valence-corrected chi connectivity index (χ4v) is 4.27. The molecule has 1 aliphatic heterocycles. The number of aryl methyl sites for hydroxylation is 2. The third-order valence-electron chi connectivity index (χ3n) is 5.72. The van der Waals surface area contributed by atoms with E-state index in [4.69, 9.17) is 16.6 Å².